The normalized spacial score (nSPS) is 11.1. The fraction of sp³-hybridized carbons (Fsp3) is 0.212. The Morgan fingerprint density at radius 1 is 0.675 bits per heavy atom. The molecule has 0 heterocycles. The van der Waals surface area contributed by atoms with Crippen LogP contribution in [0.4, 0.5) is 28.4 Å². The van der Waals surface area contributed by atoms with Gasteiger partial charge in [0.15, 0.2) is 0 Å². The van der Waals surface area contributed by atoms with Gasteiger partial charge in [-0.2, -0.15) is 20.0 Å². The van der Waals surface area contributed by atoms with Crippen LogP contribution in [-0.2, 0) is 15.9 Å². The minimum atomic E-state index is -0.221. The molecule has 0 bridgehead atoms. The number of nitrogens with zero attached hydrogens (tertiary/aromatic N) is 4. The SMILES string of the molecule is COCCOC(Cc1ccccc1)Nc1cc(N=C=Nc2ccc(C)c(N=C=Nc3ccccc3)c2)ccc1C. The summed E-state index contributed by atoms with van der Waals surface area (Å²) in [5.74, 6) is 0. The van der Waals surface area contributed by atoms with Gasteiger partial charge in [0.05, 0.1) is 36.0 Å². The van der Waals surface area contributed by atoms with E-state index in [0.29, 0.717) is 25.3 Å². The molecular formula is C33H33N5O2. The lowest BCUT2D eigenvalue weighted by atomic mass is 10.1. The Kier molecular flexibility index (Phi) is 10.7. The minimum absolute atomic E-state index is 0.221. The highest BCUT2D eigenvalue weighted by Crippen LogP contribution is 2.26. The first kappa shape index (κ1) is 28.4. The molecule has 0 aromatic heterocycles. The van der Waals surface area contributed by atoms with Gasteiger partial charge in [0.1, 0.15) is 18.2 Å². The van der Waals surface area contributed by atoms with E-state index in [9.17, 15) is 0 Å². The molecule has 0 spiro atoms. The molecule has 1 unspecified atom stereocenters. The zero-order valence-corrected chi connectivity index (χ0v) is 23.0. The molecule has 0 saturated carbocycles. The topological polar surface area (TPSA) is 79.9 Å². The van der Waals surface area contributed by atoms with Crippen LogP contribution in [-0.4, -0.2) is 38.6 Å². The van der Waals surface area contributed by atoms with E-state index in [1.165, 1.54) is 5.56 Å². The summed E-state index contributed by atoms with van der Waals surface area (Å²) in [4.78, 5) is 17.5. The van der Waals surface area contributed by atoms with Crippen LogP contribution >= 0.6 is 0 Å². The number of anilines is 1. The number of aliphatic imine (C=N–C) groups is 4. The molecule has 4 aromatic rings. The van der Waals surface area contributed by atoms with Gasteiger partial charge in [0.2, 0.25) is 0 Å². The molecule has 4 rings (SSSR count). The number of hydrogen-bond acceptors (Lipinski definition) is 7. The second-order valence-electron chi connectivity index (χ2n) is 9.14. The Bertz CT molecular complexity index is 1510. The summed E-state index contributed by atoms with van der Waals surface area (Å²) in [6, 6.07) is 37.1. The van der Waals surface area contributed by atoms with Gasteiger partial charge in [-0.05, 0) is 66.9 Å². The van der Waals surface area contributed by atoms with Crippen LogP contribution in [0.2, 0.25) is 0 Å². The van der Waals surface area contributed by atoms with E-state index in [4.69, 9.17) is 9.47 Å². The predicted octanol–water partition coefficient (Wildman–Crippen LogP) is 8.22. The Morgan fingerprint density at radius 2 is 1.30 bits per heavy atom. The molecule has 7 nitrogen and oxygen atoms in total. The fourth-order valence-corrected chi connectivity index (χ4v) is 3.83. The quantitative estimate of drug-likeness (QED) is 0.114. The van der Waals surface area contributed by atoms with Crippen LogP contribution in [0.25, 0.3) is 0 Å². The molecule has 0 radical (unpaired) electrons. The van der Waals surface area contributed by atoms with Crippen LogP contribution < -0.4 is 5.32 Å². The first-order valence-electron chi connectivity index (χ1n) is 13.1. The van der Waals surface area contributed by atoms with Crippen LogP contribution in [0.5, 0.6) is 0 Å². The van der Waals surface area contributed by atoms with E-state index in [0.717, 1.165) is 33.9 Å². The first-order valence-corrected chi connectivity index (χ1v) is 13.1. The smallest absolute Gasteiger partial charge is 0.131 e. The van der Waals surface area contributed by atoms with Crippen molar-refractivity contribution in [3.63, 3.8) is 0 Å². The summed E-state index contributed by atoms with van der Waals surface area (Å²) >= 11 is 0. The summed E-state index contributed by atoms with van der Waals surface area (Å²) < 4.78 is 11.2. The molecule has 0 amide bonds. The monoisotopic (exact) mass is 531 g/mol. The average Bonchev–Trinajstić information content (AvgIpc) is 2.97. The van der Waals surface area contributed by atoms with Gasteiger partial charge in [0, 0.05) is 19.2 Å². The lowest BCUT2D eigenvalue weighted by molar-refractivity contribution is 0.0310. The van der Waals surface area contributed by atoms with E-state index in [-0.39, 0.29) is 6.23 Å². The molecule has 40 heavy (non-hydrogen) atoms. The Morgan fingerprint density at radius 3 is 2.02 bits per heavy atom. The highest BCUT2D eigenvalue weighted by Gasteiger charge is 2.12. The summed E-state index contributed by atoms with van der Waals surface area (Å²) in [7, 11) is 1.67. The minimum Gasteiger partial charge on any atom is -0.382 e. The third kappa shape index (κ3) is 8.98. The zero-order chi connectivity index (χ0) is 28.0. The third-order valence-corrected chi connectivity index (χ3v) is 6.06. The molecule has 7 heteroatoms. The summed E-state index contributed by atoms with van der Waals surface area (Å²) in [6.45, 7) is 5.05. The van der Waals surface area contributed by atoms with Crippen LogP contribution in [0.3, 0.4) is 0 Å². The molecule has 0 aliphatic rings. The number of rotatable bonds is 12. The maximum absolute atomic E-state index is 6.08. The number of para-hydroxylation sites is 1. The number of ether oxygens (including phenoxy) is 2. The van der Waals surface area contributed by atoms with Gasteiger partial charge in [0.25, 0.3) is 0 Å². The van der Waals surface area contributed by atoms with Gasteiger partial charge in [-0.25, -0.2) is 0 Å². The average molecular weight is 532 g/mol. The molecule has 202 valence electrons. The molecule has 1 atom stereocenters. The maximum atomic E-state index is 6.08. The highest BCUT2D eigenvalue weighted by molar-refractivity contribution is 5.67. The number of methoxy groups -OCH3 is 1. The van der Waals surface area contributed by atoms with Crippen molar-refractivity contribution in [3.05, 3.63) is 114 Å². The van der Waals surface area contributed by atoms with Gasteiger partial charge in [-0.3, -0.25) is 0 Å². The third-order valence-electron chi connectivity index (χ3n) is 6.06. The van der Waals surface area contributed by atoms with Crippen molar-refractivity contribution >= 4 is 40.5 Å². The summed E-state index contributed by atoms with van der Waals surface area (Å²) in [5, 5.41) is 3.52. The summed E-state index contributed by atoms with van der Waals surface area (Å²) in [5.41, 5.74) is 7.16. The van der Waals surface area contributed by atoms with Crippen molar-refractivity contribution in [3.8, 4) is 0 Å². The van der Waals surface area contributed by atoms with Crippen LogP contribution in [0.1, 0.15) is 16.7 Å². The van der Waals surface area contributed by atoms with Crippen LogP contribution in [0, 0.1) is 13.8 Å². The highest BCUT2D eigenvalue weighted by atomic mass is 16.5. The first-order chi connectivity index (χ1) is 19.6. The summed E-state index contributed by atoms with van der Waals surface area (Å²) in [6.07, 6.45) is 0.494. The largest absolute Gasteiger partial charge is 0.382 e. The van der Waals surface area contributed by atoms with Crippen molar-refractivity contribution in [2.45, 2.75) is 26.5 Å². The molecular weight excluding hydrogens is 498 g/mol. The Hall–Kier alpha value is -4.64. The standard InChI is InChI=1S/C33H33N5O2/c1-25-14-16-29(21-31(25)37-24-34-28-12-8-5-9-13-28)35-23-36-30-17-15-26(2)32(22-30)38-33(40-19-18-39-3)20-27-10-6-4-7-11-27/h4-17,21-22,33,38H,18-20H2,1-3H3. The fourth-order valence-electron chi connectivity index (χ4n) is 3.83. The Balaban J connectivity index is 1.48. The van der Waals surface area contributed by atoms with Crippen molar-refractivity contribution in [1.29, 1.82) is 0 Å². The zero-order valence-electron chi connectivity index (χ0n) is 23.0. The van der Waals surface area contributed by atoms with E-state index in [1.54, 1.807) is 7.11 Å². The lowest BCUT2D eigenvalue weighted by Crippen LogP contribution is -2.27. The van der Waals surface area contributed by atoms with Crippen molar-refractivity contribution in [2.24, 2.45) is 20.0 Å². The maximum Gasteiger partial charge on any atom is 0.131 e. The second-order valence-corrected chi connectivity index (χ2v) is 9.14. The number of aryl methyl sites for hydroxylation is 2. The van der Waals surface area contributed by atoms with Crippen molar-refractivity contribution < 1.29 is 9.47 Å². The number of hydrogen-bond donors (Lipinski definition) is 1. The second kappa shape index (κ2) is 15.1. The van der Waals surface area contributed by atoms with Crippen molar-refractivity contribution in [2.75, 3.05) is 25.6 Å². The lowest BCUT2D eigenvalue weighted by Gasteiger charge is -2.22. The molecule has 1 N–H and O–H groups in total. The van der Waals surface area contributed by atoms with Gasteiger partial charge < -0.3 is 14.8 Å². The van der Waals surface area contributed by atoms with Gasteiger partial charge >= 0.3 is 0 Å². The van der Waals surface area contributed by atoms with Gasteiger partial charge in [-0.1, -0.05) is 60.7 Å². The Labute approximate surface area is 235 Å². The van der Waals surface area contributed by atoms with E-state index in [2.05, 4.69) is 49.4 Å². The number of nitrogens with one attached hydrogen (secondary N) is 1. The van der Waals surface area contributed by atoms with Crippen LogP contribution in [0.15, 0.2) is 117 Å². The molecule has 0 aliphatic heterocycles. The molecule has 0 saturated heterocycles. The van der Waals surface area contributed by atoms with E-state index in [1.807, 2.05) is 98.8 Å². The number of benzene rings is 4. The van der Waals surface area contributed by atoms with Crippen molar-refractivity contribution in [1.82, 2.24) is 0 Å². The van der Waals surface area contributed by atoms with E-state index < -0.39 is 0 Å². The van der Waals surface area contributed by atoms with E-state index >= 15 is 0 Å². The molecule has 0 aliphatic carbocycles. The molecule has 4 aromatic carbocycles. The molecule has 0 fully saturated rings. The predicted molar refractivity (Wildman–Crippen MR) is 163 cm³/mol. The van der Waals surface area contributed by atoms with Gasteiger partial charge in [-0.15, -0.1) is 0 Å².